The lowest BCUT2D eigenvalue weighted by Gasteiger charge is -2.34. The maximum absolute atomic E-state index is 5.32. The number of ether oxygens (including phenoxy) is 1. The number of nitrogens with one attached hydrogen (secondary N) is 1. The lowest BCUT2D eigenvalue weighted by Crippen LogP contribution is -2.29. The largest absolute Gasteiger partial charge is 0.497 e. The van der Waals surface area contributed by atoms with Gasteiger partial charge in [-0.15, -0.1) is 0 Å². The van der Waals surface area contributed by atoms with Crippen LogP contribution in [0, 0.1) is 0 Å². The molecular weight excluding hydrogens is 426 g/mol. The minimum absolute atomic E-state index is 0.393. The van der Waals surface area contributed by atoms with Gasteiger partial charge in [-0.25, -0.2) is 0 Å². The fourth-order valence-corrected chi connectivity index (χ4v) is 5.50. The predicted molar refractivity (Wildman–Crippen MR) is 145 cm³/mol. The van der Waals surface area contributed by atoms with E-state index in [4.69, 9.17) is 4.74 Å². The second kappa shape index (κ2) is 8.81. The zero-order valence-corrected chi connectivity index (χ0v) is 19.7. The highest BCUT2D eigenvalue weighted by atomic mass is 16.5. The van der Waals surface area contributed by atoms with E-state index in [1.807, 2.05) is 24.3 Å². The Balaban J connectivity index is 1.59. The summed E-state index contributed by atoms with van der Waals surface area (Å²) in [6.07, 6.45) is 12.2. The van der Waals surface area contributed by atoms with E-state index in [-0.39, 0.29) is 0 Å². The lowest BCUT2D eigenvalue weighted by atomic mass is 9.67. The van der Waals surface area contributed by atoms with Gasteiger partial charge in [-0.1, -0.05) is 91.0 Å². The van der Waals surface area contributed by atoms with Gasteiger partial charge in [0.1, 0.15) is 5.75 Å². The first-order chi connectivity index (χ1) is 17.3. The average Bonchev–Trinajstić information content (AvgIpc) is 3.04. The third-order valence-corrected chi connectivity index (χ3v) is 7.04. The number of hydrogen-bond acceptors (Lipinski definition) is 2. The molecule has 6 rings (SSSR count). The van der Waals surface area contributed by atoms with Crippen LogP contribution in [-0.2, 0) is 5.41 Å². The van der Waals surface area contributed by atoms with E-state index >= 15 is 0 Å². The molecule has 0 radical (unpaired) electrons. The van der Waals surface area contributed by atoms with Crippen molar-refractivity contribution >= 4 is 11.4 Å². The molecule has 170 valence electrons. The van der Waals surface area contributed by atoms with Crippen molar-refractivity contribution in [1.82, 2.24) is 0 Å². The molecule has 1 atom stereocenters. The molecule has 2 nitrogen and oxygen atoms in total. The maximum Gasteiger partial charge on any atom is 0.119 e. The van der Waals surface area contributed by atoms with Crippen LogP contribution in [0.1, 0.15) is 23.1 Å². The predicted octanol–water partition coefficient (Wildman–Crippen LogP) is 8.20. The molecule has 0 saturated heterocycles. The van der Waals surface area contributed by atoms with Gasteiger partial charge in [-0.05, 0) is 76.2 Å². The molecule has 2 heteroatoms. The Morgan fingerprint density at radius 2 is 1.46 bits per heavy atom. The molecule has 0 saturated carbocycles. The molecule has 0 spiro atoms. The van der Waals surface area contributed by atoms with Crippen molar-refractivity contribution in [3.8, 4) is 16.9 Å². The van der Waals surface area contributed by atoms with E-state index in [1.165, 1.54) is 33.4 Å². The Morgan fingerprint density at radius 3 is 2.29 bits per heavy atom. The molecule has 4 aromatic carbocycles. The molecule has 1 N–H and O–H groups in total. The SMILES string of the molecule is COc1ccc(Nc2ccc3c(c2)C(C2=CC=CCC=C2)(c2ccccc2)c2ccccc2-3)cc1. The van der Waals surface area contributed by atoms with Gasteiger partial charge in [-0.3, -0.25) is 0 Å². The first kappa shape index (κ1) is 21.2. The summed E-state index contributed by atoms with van der Waals surface area (Å²) in [5, 5.41) is 3.61. The smallest absolute Gasteiger partial charge is 0.119 e. The number of benzene rings is 4. The normalized spacial score (nSPS) is 17.8. The van der Waals surface area contributed by atoms with Crippen molar-refractivity contribution in [3.05, 3.63) is 150 Å². The summed E-state index contributed by atoms with van der Waals surface area (Å²) < 4.78 is 5.32. The van der Waals surface area contributed by atoms with Crippen LogP contribution in [0.5, 0.6) is 5.75 Å². The summed E-state index contributed by atoms with van der Waals surface area (Å²) >= 11 is 0. The number of allylic oxidation sites excluding steroid dienone is 6. The van der Waals surface area contributed by atoms with Crippen LogP contribution in [0.25, 0.3) is 11.1 Å². The van der Waals surface area contributed by atoms with E-state index < -0.39 is 5.41 Å². The van der Waals surface area contributed by atoms with Crippen LogP contribution >= 0.6 is 0 Å². The highest BCUT2D eigenvalue weighted by Crippen LogP contribution is 2.57. The van der Waals surface area contributed by atoms with Gasteiger partial charge < -0.3 is 10.1 Å². The minimum atomic E-state index is -0.393. The number of fused-ring (bicyclic) bond motifs is 3. The zero-order valence-electron chi connectivity index (χ0n) is 19.7. The van der Waals surface area contributed by atoms with E-state index in [9.17, 15) is 0 Å². The van der Waals surface area contributed by atoms with Crippen LogP contribution < -0.4 is 10.1 Å². The van der Waals surface area contributed by atoms with Crippen LogP contribution in [-0.4, -0.2) is 7.11 Å². The van der Waals surface area contributed by atoms with Crippen molar-refractivity contribution in [2.75, 3.05) is 12.4 Å². The molecule has 0 aromatic heterocycles. The molecule has 0 heterocycles. The number of anilines is 2. The zero-order chi connectivity index (χ0) is 23.7. The first-order valence-corrected chi connectivity index (χ1v) is 12.1. The monoisotopic (exact) mass is 453 g/mol. The Hall–Kier alpha value is -4.30. The van der Waals surface area contributed by atoms with Crippen molar-refractivity contribution in [2.45, 2.75) is 11.8 Å². The van der Waals surface area contributed by atoms with E-state index in [2.05, 4.69) is 108 Å². The highest BCUT2D eigenvalue weighted by Gasteiger charge is 2.46. The molecule has 1 unspecified atom stereocenters. The van der Waals surface area contributed by atoms with Gasteiger partial charge >= 0.3 is 0 Å². The third kappa shape index (κ3) is 3.50. The molecule has 0 amide bonds. The van der Waals surface area contributed by atoms with Gasteiger partial charge in [-0.2, -0.15) is 0 Å². The maximum atomic E-state index is 5.32. The molecular formula is C33H27NO. The Bertz CT molecular complexity index is 1460. The summed E-state index contributed by atoms with van der Waals surface area (Å²) in [7, 11) is 1.69. The Morgan fingerprint density at radius 1 is 0.714 bits per heavy atom. The standard InChI is InChI=1S/C33H27NO/c1-35-28-20-17-26(18-21-28)34-27-19-22-30-29-15-9-10-16-31(29)33(32(30)23-27,25-13-7-4-8-14-25)24-11-5-2-3-6-12-24/h2,4-23,34H,3H2,1H3. The van der Waals surface area contributed by atoms with E-state index in [0.717, 1.165) is 23.5 Å². The van der Waals surface area contributed by atoms with E-state index in [0.29, 0.717) is 0 Å². The fraction of sp³-hybridized carbons (Fsp3) is 0.0909. The fourth-order valence-electron chi connectivity index (χ4n) is 5.50. The molecule has 0 aliphatic heterocycles. The summed E-state index contributed by atoms with van der Waals surface area (Å²) in [5.74, 6) is 0.850. The van der Waals surface area contributed by atoms with Gasteiger partial charge in [0.25, 0.3) is 0 Å². The molecule has 35 heavy (non-hydrogen) atoms. The van der Waals surface area contributed by atoms with Crippen molar-refractivity contribution < 1.29 is 4.74 Å². The molecule has 0 bridgehead atoms. The van der Waals surface area contributed by atoms with Crippen LogP contribution in [0.15, 0.2) is 133 Å². The third-order valence-electron chi connectivity index (χ3n) is 7.04. The van der Waals surface area contributed by atoms with Crippen molar-refractivity contribution in [3.63, 3.8) is 0 Å². The lowest BCUT2D eigenvalue weighted by molar-refractivity contribution is 0.415. The summed E-state index contributed by atoms with van der Waals surface area (Å²) in [6, 6.07) is 34.6. The second-order valence-corrected chi connectivity index (χ2v) is 8.96. The highest BCUT2D eigenvalue weighted by molar-refractivity contribution is 5.88. The first-order valence-electron chi connectivity index (χ1n) is 12.1. The van der Waals surface area contributed by atoms with Crippen molar-refractivity contribution in [2.24, 2.45) is 0 Å². The van der Waals surface area contributed by atoms with Gasteiger partial charge in [0.2, 0.25) is 0 Å². The van der Waals surface area contributed by atoms with Gasteiger partial charge in [0.15, 0.2) is 0 Å². The number of hydrogen-bond donors (Lipinski definition) is 1. The Kier molecular flexibility index (Phi) is 5.35. The van der Waals surface area contributed by atoms with Gasteiger partial charge in [0.05, 0.1) is 12.5 Å². The number of methoxy groups -OCH3 is 1. The van der Waals surface area contributed by atoms with Crippen LogP contribution in [0.4, 0.5) is 11.4 Å². The molecule has 2 aliphatic rings. The van der Waals surface area contributed by atoms with Crippen molar-refractivity contribution in [1.29, 1.82) is 0 Å². The van der Waals surface area contributed by atoms with Gasteiger partial charge in [0, 0.05) is 11.4 Å². The molecule has 2 aliphatic carbocycles. The minimum Gasteiger partial charge on any atom is -0.497 e. The van der Waals surface area contributed by atoms with E-state index in [1.54, 1.807) is 7.11 Å². The second-order valence-electron chi connectivity index (χ2n) is 8.96. The topological polar surface area (TPSA) is 21.3 Å². The quantitative estimate of drug-likeness (QED) is 0.329. The molecule has 4 aromatic rings. The Labute approximate surface area is 206 Å². The van der Waals surface area contributed by atoms with Crippen LogP contribution in [0.2, 0.25) is 0 Å². The molecule has 0 fully saturated rings. The number of rotatable bonds is 5. The van der Waals surface area contributed by atoms with Crippen LogP contribution in [0.3, 0.4) is 0 Å². The summed E-state index contributed by atoms with van der Waals surface area (Å²) in [4.78, 5) is 0. The summed E-state index contributed by atoms with van der Waals surface area (Å²) in [5.41, 5.74) is 9.47. The summed E-state index contributed by atoms with van der Waals surface area (Å²) in [6.45, 7) is 0. The average molecular weight is 454 g/mol.